The molecule has 0 saturated carbocycles. The van der Waals surface area contributed by atoms with E-state index in [4.69, 9.17) is 23.5 Å². The minimum absolute atomic E-state index is 0.0107. The molecule has 0 atom stereocenters. The summed E-state index contributed by atoms with van der Waals surface area (Å²) in [5.74, 6) is 0.640. The first kappa shape index (κ1) is 26.5. The number of nitrogens with zero attached hydrogens (tertiary/aromatic N) is 3. The van der Waals surface area contributed by atoms with Crippen LogP contribution in [0.5, 0.6) is 0 Å². The third-order valence-corrected chi connectivity index (χ3v) is 11.2. The average Bonchev–Trinajstić information content (AvgIpc) is 3.90. The summed E-state index contributed by atoms with van der Waals surface area (Å²) in [6.45, 7) is 0. The second kappa shape index (κ2) is 13.3. The summed E-state index contributed by atoms with van der Waals surface area (Å²) in [4.78, 5) is 14.7. The van der Waals surface area contributed by atoms with Crippen molar-refractivity contribution < 1.29 is 12.6 Å². The Balaban J connectivity index is 1.13. The van der Waals surface area contributed by atoms with Crippen LogP contribution in [0.2, 0.25) is 0 Å². The first-order valence-electron chi connectivity index (χ1n) is 21.2. The second-order valence-electron chi connectivity index (χ2n) is 13.5. The van der Waals surface area contributed by atoms with Gasteiger partial charge in [0.25, 0.3) is 0 Å². The zero-order valence-corrected chi connectivity index (χ0v) is 30.4. The molecule has 0 aliphatic heterocycles. The molecule has 3 aromatic heterocycles. The average molecular weight is 740 g/mol. The minimum atomic E-state index is -0.338. The first-order valence-corrected chi connectivity index (χ1v) is 19.0. The van der Waals surface area contributed by atoms with E-state index in [-0.39, 0.29) is 75.1 Å². The Kier molecular flexibility index (Phi) is 6.29. The monoisotopic (exact) mass is 739 g/mol. The number of hydrogen-bond donors (Lipinski definition) is 0. The lowest BCUT2D eigenvalue weighted by Gasteiger charge is -2.10. The molecule has 0 amide bonds. The van der Waals surface area contributed by atoms with Crippen LogP contribution >= 0.6 is 11.3 Å². The Labute approximate surface area is 335 Å². The van der Waals surface area contributed by atoms with E-state index < -0.39 is 0 Å². The van der Waals surface area contributed by atoms with Crippen molar-refractivity contribution in [2.24, 2.45) is 0 Å². The maximum Gasteiger partial charge on any atom is 0.164 e. The molecule has 262 valence electrons. The molecular formula is C51H31N3OS. The summed E-state index contributed by atoms with van der Waals surface area (Å²) in [5.41, 5.74) is 6.32. The minimum Gasteiger partial charge on any atom is -0.455 e. The highest BCUT2D eigenvalue weighted by Gasteiger charge is 2.18. The van der Waals surface area contributed by atoms with Gasteiger partial charge in [-0.05, 0) is 64.2 Å². The van der Waals surface area contributed by atoms with Crippen molar-refractivity contribution in [3.05, 3.63) is 188 Å². The second-order valence-corrected chi connectivity index (χ2v) is 14.6. The number of para-hydroxylation sites is 1. The molecule has 11 rings (SSSR count). The Morgan fingerprint density at radius 2 is 1.02 bits per heavy atom. The van der Waals surface area contributed by atoms with E-state index in [0.717, 1.165) is 42.4 Å². The fourth-order valence-electron chi connectivity index (χ4n) is 7.27. The van der Waals surface area contributed by atoms with Crippen molar-refractivity contribution in [1.29, 1.82) is 0 Å². The van der Waals surface area contributed by atoms with Crippen LogP contribution in [-0.2, 0) is 0 Å². The maximum atomic E-state index is 9.65. The molecule has 4 nitrogen and oxygen atoms in total. The molecule has 0 spiro atoms. The molecule has 0 bridgehead atoms. The van der Waals surface area contributed by atoms with Crippen LogP contribution in [-0.4, -0.2) is 15.0 Å². The van der Waals surface area contributed by atoms with Gasteiger partial charge in [-0.1, -0.05) is 152 Å². The van der Waals surface area contributed by atoms with Crippen LogP contribution in [0.25, 0.3) is 110 Å². The molecule has 5 heteroatoms. The highest BCUT2D eigenvalue weighted by molar-refractivity contribution is 7.25. The highest BCUT2D eigenvalue weighted by Crippen LogP contribution is 2.41. The molecule has 56 heavy (non-hydrogen) atoms. The van der Waals surface area contributed by atoms with Gasteiger partial charge in [-0.2, -0.15) is 0 Å². The van der Waals surface area contributed by atoms with Gasteiger partial charge in [-0.15, -0.1) is 11.3 Å². The quantitative estimate of drug-likeness (QED) is 0.170. The number of thiophene rings is 1. The van der Waals surface area contributed by atoms with Crippen LogP contribution in [0.1, 0.15) is 8.22 Å². The van der Waals surface area contributed by atoms with Gasteiger partial charge in [0.2, 0.25) is 0 Å². The van der Waals surface area contributed by atoms with E-state index in [1.54, 1.807) is 11.3 Å². The fourth-order valence-corrected chi connectivity index (χ4v) is 8.36. The standard InChI is InChI=1S/C51H31N3OS/c1-3-11-32(12-4-1)34-21-23-35(24-22-34)49-52-50(38-16-9-15-36(29-38)33-13-5-2-6-14-33)54-51(53-49)39-25-27-41-43-19-10-18-40(48(43)55-45(41)31-39)37-26-28-47-44(30-37)42-17-7-8-20-46(42)56-47/h1-31H/i10D,18D,19D,25D,27D,31D. The maximum absolute atomic E-state index is 9.65. The SMILES string of the molecule is [2H]c1c([2H])c([2H])c2c(oc3c([2H])c(-c4nc(-c5ccc(-c6ccccc6)cc5)nc(-c5cccc(-c6ccccc6)c5)n4)c([2H])c([2H])c32)c1-c1ccc2sc3ccccc3c2c1. The van der Waals surface area contributed by atoms with E-state index >= 15 is 0 Å². The molecule has 3 heterocycles. The van der Waals surface area contributed by atoms with Gasteiger partial charge < -0.3 is 4.42 Å². The molecular weight excluding hydrogens is 703 g/mol. The Morgan fingerprint density at radius 1 is 0.411 bits per heavy atom. The zero-order valence-electron chi connectivity index (χ0n) is 35.6. The van der Waals surface area contributed by atoms with Crippen molar-refractivity contribution in [3.8, 4) is 67.5 Å². The van der Waals surface area contributed by atoms with Crippen LogP contribution < -0.4 is 0 Å². The van der Waals surface area contributed by atoms with E-state index in [2.05, 4.69) is 6.07 Å². The summed E-state index contributed by atoms with van der Waals surface area (Å²) >= 11 is 1.66. The predicted molar refractivity (Wildman–Crippen MR) is 233 cm³/mol. The first-order chi connectivity index (χ1) is 30.2. The molecule has 0 radical (unpaired) electrons. The summed E-state index contributed by atoms with van der Waals surface area (Å²) < 4.78 is 64.3. The molecule has 0 aliphatic rings. The predicted octanol–water partition coefficient (Wildman–Crippen LogP) is 14.1. The van der Waals surface area contributed by atoms with E-state index in [0.29, 0.717) is 28.3 Å². The Bertz CT molecular complexity index is 3590. The van der Waals surface area contributed by atoms with Crippen molar-refractivity contribution in [1.82, 2.24) is 15.0 Å². The number of aromatic nitrogens is 3. The normalized spacial score (nSPS) is 13.1. The third-order valence-electron chi connectivity index (χ3n) is 10.1. The van der Waals surface area contributed by atoms with Gasteiger partial charge >= 0.3 is 0 Å². The fraction of sp³-hybridized carbons (Fsp3) is 0. The van der Waals surface area contributed by atoms with Crippen molar-refractivity contribution in [2.75, 3.05) is 0 Å². The summed E-state index contributed by atoms with van der Waals surface area (Å²) in [7, 11) is 0. The van der Waals surface area contributed by atoms with Gasteiger partial charge in [0.15, 0.2) is 17.5 Å². The summed E-state index contributed by atoms with van der Waals surface area (Å²) in [6.07, 6.45) is 0. The third kappa shape index (κ3) is 5.65. The van der Waals surface area contributed by atoms with Gasteiger partial charge in [-0.3, -0.25) is 0 Å². The van der Waals surface area contributed by atoms with Crippen LogP contribution in [0, 0.1) is 0 Å². The lowest BCUT2D eigenvalue weighted by Crippen LogP contribution is -2.00. The number of hydrogen-bond acceptors (Lipinski definition) is 5. The van der Waals surface area contributed by atoms with Crippen LogP contribution in [0.4, 0.5) is 0 Å². The zero-order chi connectivity index (χ0) is 42.2. The van der Waals surface area contributed by atoms with Crippen molar-refractivity contribution >= 4 is 53.4 Å². The van der Waals surface area contributed by atoms with E-state index in [1.807, 2.05) is 146 Å². The smallest absolute Gasteiger partial charge is 0.164 e. The number of rotatable bonds is 6. The molecule has 0 aliphatic carbocycles. The Hall–Kier alpha value is -7.21. The highest BCUT2D eigenvalue weighted by atomic mass is 32.1. The molecule has 0 unspecified atom stereocenters. The van der Waals surface area contributed by atoms with Crippen molar-refractivity contribution in [2.45, 2.75) is 0 Å². The van der Waals surface area contributed by atoms with Crippen LogP contribution in [0.3, 0.4) is 0 Å². The van der Waals surface area contributed by atoms with E-state index in [9.17, 15) is 4.11 Å². The largest absolute Gasteiger partial charge is 0.455 e. The van der Waals surface area contributed by atoms with Crippen molar-refractivity contribution in [3.63, 3.8) is 0 Å². The number of benzene rings is 8. The van der Waals surface area contributed by atoms with Gasteiger partial charge in [0.1, 0.15) is 11.2 Å². The topological polar surface area (TPSA) is 51.8 Å². The summed E-state index contributed by atoms with van der Waals surface area (Å²) in [6, 6.07) is 47.8. The molecule has 11 aromatic rings. The van der Waals surface area contributed by atoms with Gasteiger partial charge in [0.05, 0.1) is 8.22 Å². The molecule has 0 saturated heterocycles. The van der Waals surface area contributed by atoms with Crippen LogP contribution in [0.15, 0.2) is 192 Å². The Morgan fingerprint density at radius 3 is 1.82 bits per heavy atom. The molecule has 8 aromatic carbocycles. The van der Waals surface area contributed by atoms with Gasteiger partial charge in [0, 0.05) is 53.2 Å². The van der Waals surface area contributed by atoms with Gasteiger partial charge in [-0.25, -0.2) is 15.0 Å². The molecule has 0 fully saturated rings. The van der Waals surface area contributed by atoms with E-state index in [1.165, 1.54) is 0 Å². The molecule has 0 N–H and O–H groups in total. The summed E-state index contributed by atoms with van der Waals surface area (Å²) in [5, 5.41) is 2.21. The number of furan rings is 1. The lowest BCUT2D eigenvalue weighted by atomic mass is 10.00. The number of fused-ring (bicyclic) bond motifs is 6. The lowest BCUT2D eigenvalue weighted by molar-refractivity contribution is 0.670.